The van der Waals surface area contributed by atoms with Gasteiger partial charge in [0.1, 0.15) is 0 Å². The number of amidine groups is 1. The fourth-order valence-electron chi connectivity index (χ4n) is 1.29. The molecule has 6 heteroatoms. The van der Waals surface area contributed by atoms with Gasteiger partial charge in [-0.3, -0.25) is 4.79 Å². The lowest BCUT2D eigenvalue weighted by Gasteiger charge is -2.15. The molecule has 1 aromatic rings. The zero-order valence-electron chi connectivity index (χ0n) is 9.01. The minimum absolute atomic E-state index is 0.0328. The first-order chi connectivity index (χ1) is 7.69. The van der Waals surface area contributed by atoms with E-state index in [-0.39, 0.29) is 11.7 Å². The fraction of sp³-hybridized carbons (Fsp3) is 0.400. The van der Waals surface area contributed by atoms with E-state index in [1.165, 1.54) is 11.3 Å². The second-order valence-corrected chi connectivity index (χ2v) is 4.13. The Labute approximate surface area is 98.0 Å². The molecule has 1 unspecified atom stereocenters. The van der Waals surface area contributed by atoms with Crippen LogP contribution in [0.5, 0.6) is 0 Å². The fourth-order valence-corrected chi connectivity index (χ4v) is 1.92. The molecule has 0 bridgehead atoms. The van der Waals surface area contributed by atoms with Gasteiger partial charge in [-0.15, -0.1) is 0 Å². The van der Waals surface area contributed by atoms with E-state index in [9.17, 15) is 4.79 Å². The maximum atomic E-state index is 11.7. The Balaban J connectivity index is 2.65. The smallest absolute Gasteiger partial charge is 0.252 e. The lowest BCUT2D eigenvalue weighted by molar-refractivity contribution is 0.0945. The predicted molar refractivity (Wildman–Crippen MR) is 63.9 cm³/mol. The van der Waals surface area contributed by atoms with E-state index in [2.05, 4.69) is 10.5 Å². The van der Waals surface area contributed by atoms with Gasteiger partial charge in [0.25, 0.3) is 5.91 Å². The Kier molecular flexibility index (Phi) is 4.78. The van der Waals surface area contributed by atoms with Crippen LogP contribution >= 0.6 is 11.3 Å². The van der Waals surface area contributed by atoms with Crippen molar-refractivity contribution in [3.63, 3.8) is 0 Å². The SMILES string of the molecule is CCCC(NC(=O)c1ccsc1)/C(N)=N/O. The zero-order chi connectivity index (χ0) is 12.0. The number of nitrogens with two attached hydrogens (primary N) is 1. The highest BCUT2D eigenvalue weighted by molar-refractivity contribution is 7.08. The molecular formula is C10H15N3O2S. The molecule has 1 atom stereocenters. The van der Waals surface area contributed by atoms with Crippen LogP contribution in [0.1, 0.15) is 30.1 Å². The number of oxime groups is 1. The Morgan fingerprint density at radius 3 is 3.00 bits per heavy atom. The van der Waals surface area contributed by atoms with Gasteiger partial charge in [0.2, 0.25) is 0 Å². The highest BCUT2D eigenvalue weighted by atomic mass is 32.1. The summed E-state index contributed by atoms with van der Waals surface area (Å²) in [7, 11) is 0. The average Bonchev–Trinajstić information content (AvgIpc) is 2.80. The highest BCUT2D eigenvalue weighted by Gasteiger charge is 2.16. The monoisotopic (exact) mass is 241 g/mol. The predicted octanol–water partition coefficient (Wildman–Crippen LogP) is 1.39. The van der Waals surface area contributed by atoms with E-state index in [0.29, 0.717) is 12.0 Å². The van der Waals surface area contributed by atoms with Gasteiger partial charge < -0.3 is 16.3 Å². The first-order valence-electron chi connectivity index (χ1n) is 4.99. The summed E-state index contributed by atoms with van der Waals surface area (Å²) < 4.78 is 0. The van der Waals surface area contributed by atoms with Crippen molar-refractivity contribution in [3.05, 3.63) is 22.4 Å². The van der Waals surface area contributed by atoms with E-state index in [4.69, 9.17) is 10.9 Å². The van der Waals surface area contributed by atoms with Crippen LogP contribution in [-0.2, 0) is 0 Å². The van der Waals surface area contributed by atoms with Crippen LogP contribution in [0.2, 0.25) is 0 Å². The number of nitrogens with zero attached hydrogens (tertiary/aromatic N) is 1. The summed E-state index contributed by atoms with van der Waals surface area (Å²) in [5, 5.41) is 17.8. The molecule has 0 aromatic carbocycles. The van der Waals surface area contributed by atoms with Crippen molar-refractivity contribution >= 4 is 23.1 Å². The van der Waals surface area contributed by atoms with Gasteiger partial charge in [-0.25, -0.2) is 0 Å². The van der Waals surface area contributed by atoms with Crippen molar-refractivity contribution in [2.45, 2.75) is 25.8 Å². The number of nitrogens with one attached hydrogen (secondary N) is 1. The summed E-state index contributed by atoms with van der Waals surface area (Å²) in [6.07, 6.45) is 1.48. The number of amides is 1. The maximum absolute atomic E-state index is 11.7. The molecule has 5 nitrogen and oxygen atoms in total. The lowest BCUT2D eigenvalue weighted by atomic mass is 10.1. The third-order valence-electron chi connectivity index (χ3n) is 2.14. The molecule has 0 saturated heterocycles. The molecule has 0 radical (unpaired) electrons. The topological polar surface area (TPSA) is 87.7 Å². The van der Waals surface area contributed by atoms with Crippen molar-refractivity contribution in [2.75, 3.05) is 0 Å². The van der Waals surface area contributed by atoms with Crippen molar-refractivity contribution in [1.82, 2.24) is 5.32 Å². The second-order valence-electron chi connectivity index (χ2n) is 3.35. The molecule has 0 spiro atoms. The van der Waals surface area contributed by atoms with Gasteiger partial charge in [0.05, 0.1) is 11.6 Å². The maximum Gasteiger partial charge on any atom is 0.252 e. The number of rotatable bonds is 5. The van der Waals surface area contributed by atoms with E-state index < -0.39 is 6.04 Å². The quantitative estimate of drug-likeness (QED) is 0.315. The molecule has 1 aromatic heterocycles. The van der Waals surface area contributed by atoms with E-state index >= 15 is 0 Å². The molecule has 4 N–H and O–H groups in total. The Morgan fingerprint density at radius 2 is 2.50 bits per heavy atom. The van der Waals surface area contributed by atoms with Gasteiger partial charge in [-0.1, -0.05) is 18.5 Å². The number of thiophene rings is 1. The van der Waals surface area contributed by atoms with Gasteiger partial charge in [0, 0.05) is 5.38 Å². The largest absolute Gasteiger partial charge is 0.409 e. The molecule has 1 amide bonds. The van der Waals surface area contributed by atoms with Gasteiger partial charge in [0.15, 0.2) is 5.84 Å². The minimum atomic E-state index is -0.414. The normalized spacial score (nSPS) is 13.4. The van der Waals surface area contributed by atoms with Crippen LogP contribution in [0.25, 0.3) is 0 Å². The molecule has 16 heavy (non-hydrogen) atoms. The van der Waals surface area contributed by atoms with Gasteiger partial charge in [-0.05, 0) is 17.9 Å². The average molecular weight is 241 g/mol. The molecule has 1 rings (SSSR count). The Morgan fingerprint density at radius 1 is 1.75 bits per heavy atom. The molecule has 0 fully saturated rings. The number of hydrogen-bond donors (Lipinski definition) is 3. The summed E-state index contributed by atoms with van der Waals surface area (Å²) in [5.41, 5.74) is 6.09. The molecule has 0 aliphatic carbocycles. The first kappa shape index (κ1) is 12.5. The molecule has 1 heterocycles. The molecule has 88 valence electrons. The van der Waals surface area contributed by atoms with Crippen LogP contribution in [0, 0.1) is 0 Å². The highest BCUT2D eigenvalue weighted by Crippen LogP contribution is 2.07. The number of carbonyl (C=O) groups is 1. The Bertz CT molecular complexity index is 362. The zero-order valence-corrected chi connectivity index (χ0v) is 9.83. The van der Waals surface area contributed by atoms with E-state index in [0.717, 1.165) is 6.42 Å². The summed E-state index contributed by atoms with van der Waals surface area (Å²) in [5.74, 6) is -0.170. The third-order valence-corrected chi connectivity index (χ3v) is 2.82. The summed E-state index contributed by atoms with van der Waals surface area (Å²) in [6, 6.07) is 1.32. The molecule has 0 aliphatic rings. The van der Waals surface area contributed by atoms with Crippen molar-refractivity contribution in [2.24, 2.45) is 10.9 Å². The van der Waals surface area contributed by atoms with Crippen LogP contribution in [0.3, 0.4) is 0 Å². The second kappa shape index (κ2) is 6.12. The Hall–Kier alpha value is -1.56. The van der Waals surface area contributed by atoms with Crippen LogP contribution in [0.4, 0.5) is 0 Å². The number of hydrogen-bond acceptors (Lipinski definition) is 4. The van der Waals surface area contributed by atoms with E-state index in [1.807, 2.05) is 12.3 Å². The van der Waals surface area contributed by atoms with Gasteiger partial charge >= 0.3 is 0 Å². The van der Waals surface area contributed by atoms with E-state index in [1.54, 1.807) is 11.4 Å². The molecular weight excluding hydrogens is 226 g/mol. The first-order valence-corrected chi connectivity index (χ1v) is 5.93. The van der Waals surface area contributed by atoms with Crippen molar-refractivity contribution < 1.29 is 10.0 Å². The van der Waals surface area contributed by atoms with Crippen LogP contribution in [-0.4, -0.2) is 23.0 Å². The van der Waals surface area contributed by atoms with Crippen molar-refractivity contribution in [1.29, 1.82) is 0 Å². The molecule has 0 saturated carbocycles. The summed E-state index contributed by atoms with van der Waals surface area (Å²) in [6.45, 7) is 1.97. The molecule has 0 aliphatic heterocycles. The van der Waals surface area contributed by atoms with Gasteiger partial charge in [-0.2, -0.15) is 11.3 Å². The standard InChI is InChI=1S/C10H15N3O2S/c1-2-3-8(9(11)13-15)12-10(14)7-4-5-16-6-7/h4-6,8,15H,2-3H2,1H3,(H2,11,13)(H,12,14). The van der Waals surface area contributed by atoms with Crippen LogP contribution in [0.15, 0.2) is 22.0 Å². The minimum Gasteiger partial charge on any atom is -0.409 e. The lowest BCUT2D eigenvalue weighted by Crippen LogP contribution is -2.44. The van der Waals surface area contributed by atoms with Crippen molar-refractivity contribution in [3.8, 4) is 0 Å². The summed E-state index contributed by atoms with van der Waals surface area (Å²) >= 11 is 1.45. The third kappa shape index (κ3) is 3.23. The number of carbonyl (C=O) groups excluding carboxylic acids is 1. The summed E-state index contributed by atoms with van der Waals surface area (Å²) in [4.78, 5) is 11.7. The van der Waals surface area contributed by atoms with Crippen LogP contribution < -0.4 is 11.1 Å².